The minimum Gasteiger partial charge on any atom is -0.352 e. The van der Waals surface area contributed by atoms with Crippen LogP contribution in [0.15, 0.2) is 24.3 Å². The van der Waals surface area contributed by atoms with Gasteiger partial charge in [-0.15, -0.1) is 0 Å². The third kappa shape index (κ3) is 5.88. The number of aryl methyl sites for hydroxylation is 1. The van der Waals surface area contributed by atoms with Crippen molar-refractivity contribution in [1.82, 2.24) is 10.6 Å². The molecule has 0 bridgehead atoms. The van der Waals surface area contributed by atoms with Crippen molar-refractivity contribution in [3.05, 3.63) is 35.4 Å². The summed E-state index contributed by atoms with van der Waals surface area (Å²) in [4.78, 5) is 23.8. The third-order valence-electron chi connectivity index (χ3n) is 4.15. The Morgan fingerprint density at radius 2 is 1.64 bits per heavy atom. The Hall–Kier alpha value is -1.84. The van der Waals surface area contributed by atoms with Crippen LogP contribution in [0, 0.1) is 6.92 Å². The van der Waals surface area contributed by atoms with Gasteiger partial charge in [-0.3, -0.25) is 9.59 Å². The number of benzene rings is 1. The maximum atomic E-state index is 11.9. The average molecular weight is 302 g/mol. The Kier molecular flexibility index (Phi) is 6.44. The van der Waals surface area contributed by atoms with Gasteiger partial charge in [0.05, 0.1) is 13.0 Å². The van der Waals surface area contributed by atoms with E-state index in [1.165, 1.54) is 31.2 Å². The molecular weight excluding hydrogens is 276 g/mol. The molecule has 0 aliphatic heterocycles. The molecule has 0 spiro atoms. The van der Waals surface area contributed by atoms with Crippen molar-refractivity contribution in [2.24, 2.45) is 0 Å². The van der Waals surface area contributed by atoms with Crippen LogP contribution in [0.5, 0.6) is 0 Å². The second-order valence-electron chi connectivity index (χ2n) is 6.20. The van der Waals surface area contributed by atoms with E-state index < -0.39 is 0 Å². The van der Waals surface area contributed by atoms with Crippen molar-refractivity contribution in [3.8, 4) is 0 Å². The average Bonchev–Trinajstić information content (AvgIpc) is 2.76. The molecule has 1 aliphatic carbocycles. The Morgan fingerprint density at radius 3 is 2.27 bits per heavy atom. The number of hydrogen-bond donors (Lipinski definition) is 2. The molecular formula is C18H26N2O2. The Bertz CT molecular complexity index is 488. The summed E-state index contributed by atoms with van der Waals surface area (Å²) in [7, 11) is 0. The fourth-order valence-electron chi connectivity index (χ4n) is 2.84. The van der Waals surface area contributed by atoms with Crippen LogP contribution in [-0.4, -0.2) is 24.4 Å². The summed E-state index contributed by atoms with van der Waals surface area (Å²) in [6, 6.07) is 8.15. The molecule has 0 saturated heterocycles. The minimum absolute atomic E-state index is 0.0706. The van der Waals surface area contributed by atoms with Gasteiger partial charge in [0.2, 0.25) is 11.8 Å². The van der Waals surface area contributed by atoms with Crippen molar-refractivity contribution < 1.29 is 9.59 Å². The fraction of sp³-hybridized carbons (Fsp3) is 0.556. The summed E-state index contributed by atoms with van der Waals surface area (Å²) < 4.78 is 0. The van der Waals surface area contributed by atoms with Crippen molar-refractivity contribution in [2.75, 3.05) is 6.54 Å². The number of carbonyl (C=O) groups is 2. The second kappa shape index (κ2) is 8.57. The number of hydrogen-bond acceptors (Lipinski definition) is 2. The van der Waals surface area contributed by atoms with E-state index in [4.69, 9.17) is 0 Å². The third-order valence-corrected chi connectivity index (χ3v) is 4.15. The smallest absolute Gasteiger partial charge is 0.239 e. The first-order valence-electron chi connectivity index (χ1n) is 8.25. The van der Waals surface area contributed by atoms with Crippen LogP contribution in [0.1, 0.15) is 49.7 Å². The summed E-state index contributed by atoms with van der Waals surface area (Å²) in [6.07, 6.45) is 7.33. The van der Waals surface area contributed by atoms with Gasteiger partial charge in [0.15, 0.2) is 0 Å². The zero-order valence-corrected chi connectivity index (χ0v) is 13.4. The first-order valence-corrected chi connectivity index (χ1v) is 8.25. The van der Waals surface area contributed by atoms with E-state index in [1.54, 1.807) is 0 Å². The van der Waals surface area contributed by atoms with Gasteiger partial charge in [-0.2, -0.15) is 0 Å². The van der Waals surface area contributed by atoms with Gasteiger partial charge >= 0.3 is 0 Å². The second-order valence-corrected chi connectivity index (χ2v) is 6.20. The molecule has 1 aromatic rings. The molecule has 1 saturated carbocycles. The summed E-state index contributed by atoms with van der Waals surface area (Å²) >= 11 is 0. The molecule has 0 aromatic heterocycles. The zero-order valence-electron chi connectivity index (χ0n) is 13.4. The lowest BCUT2D eigenvalue weighted by atomic mass is 10.1. The molecule has 2 N–H and O–H groups in total. The largest absolute Gasteiger partial charge is 0.352 e. The number of rotatable bonds is 5. The number of nitrogens with one attached hydrogen (secondary N) is 2. The molecule has 0 heterocycles. The highest BCUT2D eigenvalue weighted by Gasteiger charge is 2.15. The van der Waals surface area contributed by atoms with E-state index in [9.17, 15) is 9.59 Å². The van der Waals surface area contributed by atoms with E-state index in [0.29, 0.717) is 6.42 Å². The topological polar surface area (TPSA) is 58.2 Å². The van der Waals surface area contributed by atoms with E-state index in [-0.39, 0.29) is 24.4 Å². The Balaban J connectivity index is 1.68. The quantitative estimate of drug-likeness (QED) is 0.821. The van der Waals surface area contributed by atoms with Crippen LogP contribution in [0.3, 0.4) is 0 Å². The van der Waals surface area contributed by atoms with E-state index in [1.807, 2.05) is 31.2 Å². The molecule has 0 unspecified atom stereocenters. The van der Waals surface area contributed by atoms with Gasteiger partial charge in [0, 0.05) is 6.04 Å². The highest BCUT2D eigenvalue weighted by atomic mass is 16.2. The summed E-state index contributed by atoms with van der Waals surface area (Å²) in [5.74, 6) is -0.191. The molecule has 1 fully saturated rings. The monoisotopic (exact) mass is 302 g/mol. The maximum absolute atomic E-state index is 11.9. The van der Waals surface area contributed by atoms with Crippen LogP contribution in [-0.2, 0) is 16.0 Å². The van der Waals surface area contributed by atoms with Crippen molar-refractivity contribution in [2.45, 2.75) is 57.9 Å². The molecule has 0 radical (unpaired) electrons. The zero-order chi connectivity index (χ0) is 15.8. The van der Waals surface area contributed by atoms with E-state index >= 15 is 0 Å². The number of amides is 2. The standard InChI is InChI=1S/C18H26N2O2/c1-14-8-10-15(11-9-14)12-17(21)19-13-18(22)20-16-6-4-2-3-5-7-16/h8-11,16H,2-7,12-13H2,1H3,(H,19,21)(H,20,22). The SMILES string of the molecule is Cc1ccc(CC(=O)NCC(=O)NC2CCCCCC2)cc1. The molecule has 2 amide bonds. The highest BCUT2D eigenvalue weighted by Crippen LogP contribution is 2.16. The summed E-state index contributed by atoms with van der Waals surface area (Å²) in [6.45, 7) is 2.09. The predicted molar refractivity (Wildman–Crippen MR) is 87.5 cm³/mol. The van der Waals surface area contributed by atoms with E-state index in [2.05, 4.69) is 10.6 Å². The molecule has 1 aliphatic rings. The molecule has 4 heteroatoms. The van der Waals surface area contributed by atoms with Gasteiger partial charge in [-0.1, -0.05) is 55.5 Å². The van der Waals surface area contributed by atoms with Crippen LogP contribution < -0.4 is 10.6 Å². The van der Waals surface area contributed by atoms with Gasteiger partial charge in [0.25, 0.3) is 0 Å². The van der Waals surface area contributed by atoms with Crippen LogP contribution in [0.2, 0.25) is 0 Å². The van der Waals surface area contributed by atoms with Gasteiger partial charge < -0.3 is 10.6 Å². The van der Waals surface area contributed by atoms with Gasteiger partial charge in [0.1, 0.15) is 0 Å². The first kappa shape index (κ1) is 16.5. The lowest BCUT2D eigenvalue weighted by Crippen LogP contribution is -2.42. The first-order chi connectivity index (χ1) is 10.6. The Labute approximate surface area is 132 Å². The molecule has 1 aromatic carbocycles. The van der Waals surface area contributed by atoms with Gasteiger partial charge in [-0.05, 0) is 25.3 Å². The highest BCUT2D eigenvalue weighted by molar-refractivity contribution is 5.85. The molecule has 120 valence electrons. The molecule has 0 atom stereocenters. The molecule has 2 rings (SSSR count). The van der Waals surface area contributed by atoms with Crippen molar-refractivity contribution in [3.63, 3.8) is 0 Å². The maximum Gasteiger partial charge on any atom is 0.239 e. The van der Waals surface area contributed by atoms with Crippen LogP contribution in [0.4, 0.5) is 0 Å². The lowest BCUT2D eigenvalue weighted by Gasteiger charge is -2.16. The van der Waals surface area contributed by atoms with Crippen molar-refractivity contribution in [1.29, 1.82) is 0 Å². The minimum atomic E-state index is -0.111. The van der Waals surface area contributed by atoms with Crippen LogP contribution in [0.25, 0.3) is 0 Å². The summed E-state index contributed by atoms with van der Waals surface area (Å²) in [5.41, 5.74) is 2.14. The number of carbonyl (C=O) groups excluding carboxylic acids is 2. The van der Waals surface area contributed by atoms with Gasteiger partial charge in [-0.25, -0.2) is 0 Å². The molecule has 22 heavy (non-hydrogen) atoms. The Morgan fingerprint density at radius 1 is 1.00 bits per heavy atom. The van der Waals surface area contributed by atoms with E-state index in [0.717, 1.165) is 18.4 Å². The fourth-order valence-corrected chi connectivity index (χ4v) is 2.84. The van der Waals surface area contributed by atoms with Crippen molar-refractivity contribution >= 4 is 11.8 Å². The summed E-state index contributed by atoms with van der Waals surface area (Å²) in [5, 5.41) is 5.73. The predicted octanol–water partition coefficient (Wildman–Crippen LogP) is 2.49. The normalized spacial score (nSPS) is 15.9. The lowest BCUT2D eigenvalue weighted by molar-refractivity contribution is -0.126. The van der Waals surface area contributed by atoms with Crippen LogP contribution >= 0.6 is 0 Å². The molecule has 4 nitrogen and oxygen atoms in total.